The average molecular weight is 379 g/mol. The topological polar surface area (TPSA) is 64.1 Å². The minimum atomic E-state index is -0.489. The average Bonchev–Trinajstić information content (AvgIpc) is 2.69. The summed E-state index contributed by atoms with van der Waals surface area (Å²) in [5.41, 5.74) is 2.74. The maximum absolute atomic E-state index is 13.4. The number of ether oxygens (including phenoxy) is 1. The van der Waals surface area contributed by atoms with Crippen LogP contribution in [0.25, 0.3) is 11.3 Å². The smallest absolute Gasteiger partial charge is 0.342 e. The molecule has 0 aliphatic rings. The lowest BCUT2D eigenvalue weighted by Gasteiger charge is -2.17. The summed E-state index contributed by atoms with van der Waals surface area (Å²) in [4.78, 5) is 21.9. The van der Waals surface area contributed by atoms with E-state index in [0.29, 0.717) is 28.5 Å². The fraction of sp³-hybridized carbons (Fsp3) is 0.227. The number of hydrogen-bond acceptors (Lipinski definition) is 5. The van der Waals surface area contributed by atoms with Crippen LogP contribution in [-0.4, -0.2) is 22.5 Å². The van der Waals surface area contributed by atoms with E-state index < -0.39 is 5.97 Å². The number of para-hydroxylation sites is 1. The van der Waals surface area contributed by atoms with Crippen molar-refractivity contribution in [2.75, 3.05) is 11.9 Å². The number of aromatic nitrogens is 2. The number of esters is 1. The highest BCUT2D eigenvalue weighted by Crippen LogP contribution is 2.30. The fourth-order valence-corrected chi connectivity index (χ4v) is 2.82. The van der Waals surface area contributed by atoms with Gasteiger partial charge < -0.3 is 10.1 Å². The van der Waals surface area contributed by atoms with E-state index in [9.17, 15) is 9.18 Å². The molecule has 3 aromatic rings. The Labute approximate surface area is 163 Å². The molecule has 5 nitrogen and oxygen atoms in total. The van der Waals surface area contributed by atoms with Crippen molar-refractivity contribution < 1.29 is 13.9 Å². The van der Waals surface area contributed by atoms with Gasteiger partial charge in [0, 0.05) is 11.3 Å². The van der Waals surface area contributed by atoms with Gasteiger partial charge >= 0.3 is 5.97 Å². The molecule has 0 spiro atoms. The third kappa shape index (κ3) is 4.34. The number of carbonyl (C=O) groups is 1. The molecule has 144 valence electrons. The van der Waals surface area contributed by atoms with Gasteiger partial charge in [-0.2, -0.15) is 0 Å². The van der Waals surface area contributed by atoms with Crippen molar-refractivity contribution in [1.29, 1.82) is 0 Å². The molecular formula is C22H22FN3O2. The summed E-state index contributed by atoms with van der Waals surface area (Å²) in [6.45, 7) is 5.89. The third-order valence-electron chi connectivity index (χ3n) is 4.11. The molecular weight excluding hydrogens is 357 g/mol. The molecule has 0 aliphatic carbocycles. The van der Waals surface area contributed by atoms with E-state index in [1.54, 1.807) is 19.1 Å². The van der Waals surface area contributed by atoms with Gasteiger partial charge in [0.25, 0.3) is 0 Å². The van der Waals surface area contributed by atoms with Crippen LogP contribution in [0.3, 0.4) is 0 Å². The predicted octanol–water partition coefficient (Wildman–Crippen LogP) is 5.33. The lowest BCUT2D eigenvalue weighted by Crippen LogP contribution is -2.15. The van der Waals surface area contributed by atoms with Gasteiger partial charge in [0.2, 0.25) is 5.95 Å². The first-order valence-electron chi connectivity index (χ1n) is 9.16. The highest BCUT2D eigenvalue weighted by molar-refractivity contribution is 5.97. The van der Waals surface area contributed by atoms with Gasteiger partial charge in [-0.05, 0) is 49.2 Å². The van der Waals surface area contributed by atoms with E-state index >= 15 is 0 Å². The Morgan fingerprint density at radius 2 is 1.75 bits per heavy atom. The molecule has 1 heterocycles. The Bertz CT molecular complexity index is 958. The van der Waals surface area contributed by atoms with Gasteiger partial charge in [-0.25, -0.2) is 19.2 Å². The Hall–Kier alpha value is -3.28. The van der Waals surface area contributed by atoms with Crippen molar-refractivity contribution in [1.82, 2.24) is 9.97 Å². The Morgan fingerprint density at radius 3 is 2.36 bits per heavy atom. The molecule has 1 aromatic heterocycles. The summed E-state index contributed by atoms with van der Waals surface area (Å²) in [7, 11) is 0. The zero-order valence-electron chi connectivity index (χ0n) is 16.1. The molecule has 3 rings (SSSR count). The zero-order valence-corrected chi connectivity index (χ0v) is 16.1. The summed E-state index contributed by atoms with van der Waals surface area (Å²) in [5, 5.41) is 3.17. The van der Waals surface area contributed by atoms with Crippen LogP contribution in [0, 0.1) is 5.82 Å². The molecule has 6 heteroatoms. The van der Waals surface area contributed by atoms with Gasteiger partial charge in [-0.1, -0.05) is 32.0 Å². The molecule has 0 radical (unpaired) electrons. The Morgan fingerprint density at radius 1 is 1.07 bits per heavy atom. The first-order valence-corrected chi connectivity index (χ1v) is 9.16. The zero-order chi connectivity index (χ0) is 20.1. The molecule has 0 fully saturated rings. The van der Waals surface area contributed by atoms with Gasteiger partial charge in [0.1, 0.15) is 11.4 Å². The number of nitrogens with zero attached hydrogens (tertiary/aromatic N) is 2. The van der Waals surface area contributed by atoms with Crippen molar-refractivity contribution in [2.24, 2.45) is 0 Å². The third-order valence-corrected chi connectivity index (χ3v) is 4.11. The van der Waals surface area contributed by atoms with Crippen molar-refractivity contribution in [2.45, 2.75) is 26.7 Å². The van der Waals surface area contributed by atoms with Crippen LogP contribution in [0.4, 0.5) is 16.0 Å². The summed E-state index contributed by atoms with van der Waals surface area (Å²) in [6.07, 6.45) is 0. The number of carbonyl (C=O) groups excluding carboxylic acids is 1. The van der Waals surface area contributed by atoms with Crippen LogP contribution in [-0.2, 0) is 4.74 Å². The van der Waals surface area contributed by atoms with Gasteiger partial charge in [0.05, 0.1) is 18.0 Å². The molecule has 0 aliphatic heterocycles. The molecule has 28 heavy (non-hydrogen) atoms. The molecule has 0 saturated carbocycles. The summed E-state index contributed by atoms with van der Waals surface area (Å²) in [6, 6.07) is 15.4. The van der Waals surface area contributed by atoms with E-state index in [2.05, 4.69) is 15.3 Å². The molecule has 2 aromatic carbocycles. The SMILES string of the molecule is CCOC(=O)c1c(-c2ccc(F)cc2)nc(Nc2ccccc2)nc1C(C)C. The molecule has 0 saturated heterocycles. The lowest BCUT2D eigenvalue weighted by molar-refractivity contribution is 0.0524. The molecule has 0 unspecified atom stereocenters. The maximum Gasteiger partial charge on any atom is 0.342 e. The van der Waals surface area contributed by atoms with E-state index in [0.717, 1.165) is 5.69 Å². The predicted molar refractivity (Wildman–Crippen MR) is 107 cm³/mol. The van der Waals surface area contributed by atoms with Crippen LogP contribution in [0.15, 0.2) is 54.6 Å². The lowest BCUT2D eigenvalue weighted by atomic mass is 9.98. The monoisotopic (exact) mass is 379 g/mol. The molecule has 1 N–H and O–H groups in total. The van der Waals surface area contributed by atoms with Crippen molar-refractivity contribution >= 4 is 17.6 Å². The molecule has 0 atom stereocenters. The normalized spacial score (nSPS) is 10.8. The van der Waals surface area contributed by atoms with Gasteiger partial charge in [0.15, 0.2) is 0 Å². The van der Waals surface area contributed by atoms with Crippen LogP contribution < -0.4 is 5.32 Å². The van der Waals surface area contributed by atoms with Crippen LogP contribution >= 0.6 is 0 Å². The molecule has 0 bridgehead atoms. The second kappa shape index (κ2) is 8.61. The number of rotatable bonds is 6. The largest absolute Gasteiger partial charge is 0.462 e. The van der Waals surface area contributed by atoms with Gasteiger partial charge in [-0.15, -0.1) is 0 Å². The van der Waals surface area contributed by atoms with Crippen LogP contribution in [0.5, 0.6) is 0 Å². The van der Waals surface area contributed by atoms with E-state index in [1.165, 1.54) is 12.1 Å². The second-order valence-electron chi connectivity index (χ2n) is 6.53. The minimum Gasteiger partial charge on any atom is -0.462 e. The van der Waals surface area contributed by atoms with Crippen LogP contribution in [0.1, 0.15) is 42.7 Å². The molecule has 0 amide bonds. The summed E-state index contributed by atoms with van der Waals surface area (Å²) >= 11 is 0. The van der Waals surface area contributed by atoms with Crippen LogP contribution in [0.2, 0.25) is 0 Å². The summed E-state index contributed by atoms with van der Waals surface area (Å²) in [5.74, 6) is -0.529. The van der Waals surface area contributed by atoms with E-state index in [1.807, 2.05) is 44.2 Å². The van der Waals surface area contributed by atoms with E-state index in [-0.39, 0.29) is 18.3 Å². The number of hydrogen-bond donors (Lipinski definition) is 1. The first kappa shape index (κ1) is 19.5. The van der Waals surface area contributed by atoms with E-state index in [4.69, 9.17) is 4.74 Å². The Kier molecular flexibility index (Phi) is 5.99. The number of halogens is 1. The minimum absolute atomic E-state index is 0.0436. The standard InChI is InChI=1S/C22H22FN3O2/c1-4-28-21(27)18-19(14(2)3)25-22(24-17-8-6-5-7-9-17)26-20(18)15-10-12-16(23)13-11-15/h5-14H,4H2,1-3H3,(H,24,25,26). The maximum atomic E-state index is 13.4. The second-order valence-corrected chi connectivity index (χ2v) is 6.53. The number of benzene rings is 2. The highest BCUT2D eigenvalue weighted by atomic mass is 19.1. The summed E-state index contributed by atoms with van der Waals surface area (Å²) < 4.78 is 18.7. The van der Waals surface area contributed by atoms with Crippen molar-refractivity contribution in [3.63, 3.8) is 0 Å². The van der Waals surface area contributed by atoms with Crippen molar-refractivity contribution in [3.8, 4) is 11.3 Å². The quantitative estimate of drug-likeness (QED) is 0.587. The Balaban J connectivity index is 2.19. The number of anilines is 2. The fourth-order valence-electron chi connectivity index (χ4n) is 2.82. The number of nitrogens with one attached hydrogen (secondary N) is 1. The highest BCUT2D eigenvalue weighted by Gasteiger charge is 2.25. The van der Waals surface area contributed by atoms with Gasteiger partial charge in [-0.3, -0.25) is 0 Å². The first-order chi connectivity index (χ1) is 13.5. The van der Waals surface area contributed by atoms with Crippen molar-refractivity contribution in [3.05, 3.63) is 71.7 Å².